The smallest absolute Gasteiger partial charge is 0 e. The number of rotatable bonds is 0. The second-order valence-corrected chi connectivity index (χ2v) is 2.02. The van der Waals surface area contributed by atoms with Crippen molar-refractivity contribution in [3.8, 4) is 0 Å². The maximum absolute atomic E-state index is 4.16. The van der Waals surface area contributed by atoms with Crippen LogP contribution >= 0.6 is 0 Å². The Labute approximate surface area is 58.5 Å². The number of hydrogen-bond acceptors (Lipinski definition) is 0. The minimum atomic E-state index is 0. The molecule has 1 aliphatic heterocycles. The van der Waals surface area contributed by atoms with Gasteiger partial charge in [0.1, 0.15) is 0 Å². The minimum Gasteiger partial charge on any atom is -0.662 e. The molecule has 1 unspecified atom stereocenters. The second-order valence-electron chi connectivity index (χ2n) is 2.02. The Kier molecular flexibility index (Phi) is 3.92. The first-order valence-corrected chi connectivity index (χ1v) is 2.53. The molecule has 1 rings (SSSR count). The number of hydrogen-bond donors (Lipinski definition) is 0. The maximum atomic E-state index is 4.16. The molecule has 0 saturated carbocycles. The van der Waals surface area contributed by atoms with Gasteiger partial charge in [-0.25, -0.2) is 0 Å². The van der Waals surface area contributed by atoms with E-state index in [0.717, 1.165) is 19.0 Å². The van der Waals surface area contributed by atoms with Crippen LogP contribution in [0.2, 0.25) is 0 Å². The zero-order valence-corrected chi connectivity index (χ0v) is 7.24. The molecule has 1 radical (unpaired) electrons. The molecule has 1 heterocycles. The van der Waals surface area contributed by atoms with Crippen molar-refractivity contribution in [1.82, 2.24) is 0 Å². The molecule has 2 heteroatoms. The summed E-state index contributed by atoms with van der Waals surface area (Å²) in [4.78, 5) is 0. The van der Waals surface area contributed by atoms with Crippen LogP contribution in [0.1, 0.15) is 13.3 Å². The van der Waals surface area contributed by atoms with E-state index < -0.39 is 0 Å². The van der Waals surface area contributed by atoms with Gasteiger partial charge < -0.3 is 5.32 Å². The summed E-state index contributed by atoms with van der Waals surface area (Å²) in [6.07, 6.45) is 1.32. The topological polar surface area (TPSA) is 14.1 Å². The van der Waals surface area contributed by atoms with E-state index in [1.165, 1.54) is 6.42 Å². The van der Waals surface area contributed by atoms with Crippen molar-refractivity contribution in [2.75, 3.05) is 13.1 Å². The van der Waals surface area contributed by atoms with E-state index in [1.807, 2.05) is 0 Å². The zero-order valence-electron chi connectivity index (χ0n) is 4.52. The van der Waals surface area contributed by atoms with Gasteiger partial charge in [-0.3, -0.25) is 0 Å². The van der Waals surface area contributed by atoms with Crippen LogP contribution < -0.4 is 0 Å². The molecule has 1 nitrogen and oxygen atoms in total. The molecule has 43 valence electrons. The van der Waals surface area contributed by atoms with Crippen molar-refractivity contribution < 1.29 is 20.4 Å². The van der Waals surface area contributed by atoms with E-state index >= 15 is 0 Å². The van der Waals surface area contributed by atoms with E-state index in [0.29, 0.717) is 0 Å². The first-order valence-electron chi connectivity index (χ1n) is 2.53. The molecule has 0 aromatic heterocycles. The van der Waals surface area contributed by atoms with Crippen LogP contribution in [-0.2, 0) is 20.4 Å². The van der Waals surface area contributed by atoms with Crippen LogP contribution in [0.25, 0.3) is 5.32 Å². The van der Waals surface area contributed by atoms with Crippen molar-refractivity contribution in [1.29, 1.82) is 0 Å². The third-order valence-electron chi connectivity index (χ3n) is 1.22. The molecule has 0 amide bonds. The minimum absolute atomic E-state index is 0. The quantitative estimate of drug-likeness (QED) is 0.632. The summed E-state index contributed by atoms with van der Waals surface area (Å²) < 4.78 is 0. The SMILES string of the molecule is CC1CC[N-]C1.[Re]. The van der Waals surface area contributed by atoms with Gasteiger partial charge in [0.15, 0.2) is 0 Å². The molecule has 0 aliphatic carbocycles. The normalized spacial score (nSPS) is 29.6. The molecule has 1 atom stereocenters. The fraction of sp³-hybridized carbons (Fsp3) is 1.00. The van der Waals surface area contributed by atoms with Crippen LogP contribution in [0, 0.1) is 5.92 Å². The fourth-order valence-corrected chi connectivity index (χ4v) is 0.715. The van der Waals surface area contributed by atoms with Gasteiger partial charge in [-0.2, -0.15) is 0 Å². The van der Waals surface area contributed by atoms with Crippen molar-refractivity contribution in [3.05, 3.63) is 5.32 Å². The Bertz CT molecular complexity index is 41.3. The molecular formula is C5H10NRe-. The Hall–Kier alpha value is 0.622. The largest absolute Gasteiger partial charge is 0.662 e. The predicted octanol–water partition coefficient (Wildman–Crippen LogP) is 1.40. The average molecular weight is 270 g/mol. The fourth-order valence-electron chi connectivity index (χ4n) is 0.715. The molecule has 7 heavy (non-hydrogen) atoms. The molecule has 0 N–H and O–H groups in total. The Balaban J connectivity index is 0.000000360. The van der Waals surface area contributed by atoms with Crippen molar-refractivity contribution in [2.45, 2.75) is 13.3 Å². The van der Waals surface area contributed by atoms with Crippen LogP contribution in [0.3, 0.4) is 0 Å². The van der Waals surface area contributed by atoms with E-state index in [9.17, 15) is 0 Å². The van der Waals surface area contributed by atoms with E-state index in [4.69, 9.17) is 0 Å². The predicted molar refractivity (Wildman–Crippen MR) is 26.9 cm³/mol. The van der Waals surface area contributed by atoms with Crippen LogP contribution in [-0.4, -0.2) is 13.1 Å². The van der Waals surface area contributed by atoms with Gasteiger partial charge in [0.25, 0.3) is 0 Å². The second kappa shape index (κ2) is 3.60. The Morgan fingerprint density at radius 2 is 2.29 bits per heavy atom. The van der Waals surface area contributed by atoms with Crippen LogP contribution in [0.15, 0.2) is 0 Å². The monoisotopic (exact) mass is 271 g/mol. The van der Waals surface area contributed by atoms with E-state index in [1.54, 1.807) is 0 Å². The van der Waals surface area contributed by atoms with Crippen LogP contribution in [0.5, 0.6) is 0 Å². The van der Waals surface area contributed by atoms with Crippen molar-refractivity contribution >= 4 is 0 Å². The molecular weight excluding hydrogens is 260 g/mol. The van der Waals surface area contributed by atoms with Gasteiger partial charge in [-0.05, 0) is 0 Å². The van der Waals surface area contributed by atoms with Gasteiger partial charge >= 0.3 is 0 Å². The molecule has 0 aromatic carbocycles. The van der Waals surface area contributed by atoms with Gasteiger partial charge in [0.05, 0.1) is 0 Å². The summed E-state index contributed by atoms with van der Waals surface area (Å²) in [6, 6.07) is 0. The average Bonchev–Trinajstić information content (AvgIpc) is 1.86. The molecule has 1 aliphatic rings. The summed E-state index contributed by atoms with van der Waals surface area (Å²) in [5.41, 5.74) is 0. The first kappa shape index (κ1) is 7.62. The van der Waals surface area contributed by atoms with Crippen molar-refractivity contribution in [3.63, 3.8) is 0 Å². The van der Waals surface area contributed by atoms with E-state index in [-0.39, 0.29) is 20.4 Å². The molecule has 0 aromatic rings. The summed E-state index contributed by atoms with van der Waals surface area (Å²) in [5.74, 6) is 0.880. The van der Waals surface area contributed by atoms with Gasteiger partial charge in [-0.15, -0.1) is 13.1 Å². The Morgan fingerprint density at radius 1 is 1.57 bits per heavy atom. The third kappa shape index (κ3) is 2.44. The summed E-state index contributed by atoms with van der Waals surface area (Å²) in [5, 5.41) is 4.16. The van der Waals surface area contributed by atoms with Crippen molar-refractivity contribution in [2.24, 2.45) is 5.92 Å². The van der Waals surface area contributed by atoms with Gasteiger partial charge in [0.2, 0.25) is 0 Å². The third-order valence-corrected chi connectivity index (χ3v) is 1.22. The molecule has 1 saturated heterocycles. The first-order chi connectivity index (χ1) is 2.89. The molecule has 0 spiro atoms. The maximum Gasteiger partial charge on any atom is 0 e. The van der Waals surface area contributed by atoms with Crippen LogP contribution in [0.4, 0.5) is 0 Å². The summed E-state index contributed by atoms with van der Waals surface area (Å²) in [6.45, 7) is 4.47. The molecule has 1 fully saturated rings. The van der Waals surface area contributed by atoms with Gasteiger partial charge in [-0.1, -0.05) is 19.3 Å². The summed E-state index contributed by atoms with van der Waals surface area (Å²) >= 11 is 0. The van der Waals surface area contributed by atoms with Gasteiger partial charge in [0, 0.05) is 20.4 Å². The van der Waals surface area contributed by atoms with E-state index in [2.05, 4.69) is 12.2 Å². The zero-order chi connectivity index (χ0) is 4.41. The Morgan fingerprint density at radius 3 is 2.43 bits per heavy atom. The standard InChI is InChI=1S/C5H10N.Re/c1-5-2-3-6-4-5;/h5H,2-4H2,1H3;/q-1;. The molecule has 0 bridgehead atoms. The number of nitrogens with zero attached hydrogens (tertiary/aromatic N) is 1. The summed E-state index contributed by atoms with van der Waals surface area (Å²) in [7, 11) is 0.